The molecule has 0 unspecified atom stereocenters. The molecular weight excluding hydrogens is 266 g/mol. The summed E-state index contributed by atoms with van der Waals surface area (Å²) in [7, 11) is 0. The standard InChI is InChI=1S/C14H18F2N2S/c1-9-4-2-3-5-12(9)17-14(19)18-13-8-10(15)6-7-11(13)16/h6-9,12H,2-5H2,1H3,(H2,17,18,19)/t9-,12+/m0/s1. The van der Waals surface area contributed by atoms with Gasteiger partial charge in [-0.05, 0) is 43.1 Å². The van der Waals surface area contributed by atoms with Gasteiger partial charge in [-0.3, -0.25) is 0 Å². The molecule has 1 aliphatic carbocycles. The second-order valence-electron chi connectivity index (χ2n) is 5.09. The summed E-state index contributed by atoms with van der Waals surface area (Å²) in [5.41, 5.74) is 0.0703. The highest BCUT2D eigenvalue weighted by Gasteiger charge is 2.21. The molecule has 104 valence electrons. The Morgan fingerprint density at radius 3 is 2.74 bits per heavy atom. The van der Waals surface area contributed by atoms with Crippen LogP contribution in [0.3, 0.4) is 0 Å². The zero-order chi connectivity index (χ0) is 13.8. The van der Waals surface area contributed by atoms with Gasteiger partial charge in [-0.25, -0.2) is 8.78 Å². The van der Waals surface area contributed by atoms with Gasteiger partial charge in [0.15, 0.2) is 5.11 Å². The molecule has 19 heavy (non-hydrogen) atoms. The highest BCUT2D eigenvalue weighted by Crippen LogP contribution is 2.24. The molecule has 1 fully saturated rings. The average molecular weight is 284 g/mol. The molecule has 0 bridgehead atoms. The molecule has 2 rings (SSSR count). The molecule has 2 atom stereocenters. The molecular formula is C14H18F2N2S. The zero-order valence-electron chi connectivity index (χ0n) is 10.9. The van der Waals surface area contributed by atoms with Crippen molar-refractivity contribution >= 4 is 23.0 Å². The highest BCUT2D eigenvalue weighted by atomic mass is 32.1. The van der Waals surface area contributed by atoms with E-state index in [1.54, 1.807) is 0 Å². The van der Waals surface area contributed by atoms with Crippen LogP contribution >= 0.6 is 12.2 Å². The monoisotopic (exact) mass is 284 g/mol. The molecule has 5 heteroatoms. The Bertz CT molecular complexity index is 465. The van der Waals surface area contributed by atoms with Crippen LogP contribution in [0.15, 0.2) is 18.2 Å². The number of thiocarbonyl (C=S) groups is 1. The molecule has 0 aromatic heterocycles. The smallest absolute Gasteiger partial charge is 0.171 e. The van der Waals surface area contributed by atoms with Crippen LogP contribution < -0.4 is 10.6 Å². The Morgan fingerprint density at radius 2 is 2.00 bits per heavy atom. The maximum atomic E-state index is 13.5. The molecule has 1 aromatic rings. The van der Waals surface area contributed by atoms with Crippen molar-refractivity contribution in [3.8, 4) is 0 Å². The van der Waals surface area contributed by atoms with Gasteiger partial charge in [0.2, 0.25) is 0 Å². The van der Waals surface area contributed by atoms with Crippen LogP contribution in [0.1, 0.15) is 32.6 Å². The van der Waals surface area contributed by atoms with Crippen LogP contribution in [0.2, 0.25) is 0 Å². The Hall–Kier alpha value is -1.23. The lowest BCUT2D eigenvalue weighted by Crippen LogP contribution is -2.43. The molecule has 0 amide bonds. The predicted molar refractivity (Wildman–Crippen MR) is 77.1 cm³/mol. The molecule has 0 aliphatic heterocycles. The van der Waals surface area contributed by atoms with Gasteiger partial charge in [-0.2, -0.15) is 0 Å². The summed E-state index contributed by atoms with van der Waals surface area (Å²) in [5.74, 6) is -0.453. The van der Waals surface area contributed by atoms with Gasteiger partial charge >= 0.3 is 0 Å². The number of benzene rings is 1. The fourth-order valence-corrected chi connectivity index (χ4v) is 2.71. The predicted octanol–water partition coefficient (Wildman–Crippen LogP) is 3.83. The minimum atomic E-state index is -0.512. The highest BCUT2D eigenvalue weighted by molar-refractivity contribution is 7.80. The minimum Gasteiger partial charge on any atom is -0.359 e. The fraction of sp³-hybridized carbons (Fsp3) is 0.500. The van der Waals surface area contributed by atoms with Crippen LogP contribution in [0.5, 0.6) is 0 Å². The first-order valence-electron chi connectivity index (χ1n) is 6.59. The first kappa shape index (κ1) is 14.2. The first-order valence-corrected chi connectivity index (χ1v) is 6.99. The lowest BCUT2D eigenvalue weighted by molar-refractivity contribution is 0.309. The van der Waals surface area contributed by atoms with Crippen LogP contribution in [0, 0.1) is 17.6 Å². The van der Waals surface area contributed by atoms with Crippen molar-refractivity contribution in [2.45, 2.75) is 38.6 Å². The Labute approximate surface area is 117 Å². The minimum absolute atomic E-state index is 0.0703. The van der Waals surface area contributed by atoms with Gasteiger partial charge in [0, 0.05) is 12.1 Å². The summed E-state index contributed by atoms with van der Waals surface area (Å²) in [5, 5.41) is 6.27. The molecule has 2 N–H and O–H groups in total. The quantitative estimate of drug-likeness (QED) is 0.807. The van der Waals surface area contributed by atoms with Gasteiger partial charge in [0.25, 0.3) is 0 Å². The molecule has 1 aromatic carbocycles. The van der Waals surface area contributed by atoms with E-state index in [9.17, 15) is 8.78 Å². The lowest BCUT2D eigenvalue weighted by Gasteiger charge is -2.30. The van der Waals surface area contributed by atoms with Crippen molar-refractivity contribution in [2.24, 2.45) is 5.92 Å². The van der Waals surface area contributed by atoms with Crippen molar-refractivity contribution in [1.29, 1.82) is 0 Å². The van der Waals surface area contributed by atoms with Gasteiger partial charge in [-0.15, -0.1) is 0 Å². The molecule has 2 nitrogen and oxygen atoms in total. The Balaban J connectivity index is 1.95. The molecule has 0 heterocycles. The van der Waals surface area contributed by atoms with Crippen molar-refractivity contribution in [3.63, 3.8) is 0 Å². The van der Waals surface area contributed by atoms with Gasteiger partial charge < -0.3 is 10.6 Å². The second kappa shape index (κ2) is 6.28. The largest absolute Gasteiger partial charge is 0.359 e. The summed E-state index contributed by atoms with van der Waals surface area (Å²) < 4.78 is 26.5. The number of halogens is 2. The molecule has 1 saturated carbocycles. The van der Waals surface area contributed by atoms with Crippen molar-refractivity contribution < 1.29 is 8.78 Å². The van der Waals surface area contributed by atoms with E-state index in [1.165, 1.54) is 19.3 Å². The van der Waals surface area contributed by atoms with E-state index in [1.807, 2.05) is 0 Å². The van der Waals surface area contributed by atoms with E-state index in [2.05, 4.69) is 17.6 Å². The van der Waals surface area contributed by atoms with Crippen molar-refractivity contribution in [2.75, 3.05) is 5.32 Å². The SMILES string of the molecule is C[C@H]1CCCC[C@H]1NC(=S)Nc1cc(F)ccc1F. The number of anilines is 1. The summed E-state index contributed by atoms with van der Waals surface area (Å²) in [4.78, 5) is 0. The van der Waals surface area contributed by atoms with Crippen molar-refractivity contribution in [3.05, 3.63) is 29.8 Å². The number of nitrogens with one attached hydrogen (secondary N) is 2. The second-order valence-corrected chi connectivity index (χ2v) is 5.50. The summed E-state index contributed by atoms with van der Waals surface area (Å²) in [6.07, 6.45) is 4.67. The van der Waals surface area contributed by atoms with Crippen LogP contribution in [-0.2, 0) is 0 Å². The van der Waals surface area contributed by atoms with Crippen LogP contribution in [0.25, 0.3) is 0 Å². The topological polar surface area (TPSA) is 24.1 Å². The normalized spacial score (nSPS) is 22.9. The van der Waals surface area contributed by atoms with Crippen LogP contribution in [0.4, 0.5) is 14.5 Å². The average Bonchev–Trinajstić information content (AvgIpc) is 2.37. The van der Waals surface area contributed by atoms with E-state index >= 15 is 0 Å². The van der Waals surface area contributed by atoms with Crippen molar-refractivity contribution in [1.82, 2.24) is 5.32 Å². The van der Waals surface area contributed by atoms with E-state index in [0.29, 0.717) is 17.1 Å². The third kappa shape index (κ3) is 3.86. The molecule has 0 spiro atoms. The van der Waals surface area contributed by atoms with Gasteiger partial charge in [0.05, 0.1) is 5.69 Å². The molecule has 1 aliphatic rings. The third-order valence-electron chi connectivity index (χ3n) is 3.60. The number of rotatable bonds is 2. The maximum Gasteiger partial charge on any atom is 0.171 e. The maximum absolute atomic E-state index is 13.5. The first-order chi connectivity index (χ1) is 9.06. The number of hydrogen-bond acceptors (Lipinski definition) is 1. The fourth-order valence-electron chi connectivity index (χ4n) is 2.45. The summed E-state index contributed by atoms with van der Waals surface area (Å²) >= 11 is 5.16. The van der Waals surface area contributed by atoms with E-state index < -0.39 is 11.6 Å². The molecule has 0 radical (unpaired) electrons. The van der Waals surface area contributed by atoms with Crippen LogP contribution in [-0.4, -0.2) is 11.2 Å². The summed E-state index contributed by atoms with van der Waals surface area (Å²) in [6.45, 7) is 2.18. The Morgan fingerprint density at radius 1 is 1.26 bits per heavy atom. The molecule has 0 saturated heterocycles. The Kier molecular flexibility index (Phi) is 4.69. The third-order valence-corrected chi connectivity index (χ3v) is 3.82. The zero-order valence-corrected chi connectivity index (χ0v) is 11.7. The van der Waals surface area contributed by atoms with E-state index in [0.717, 1.165) is 24.6 Å². The van der Waals surface area contributed by atoms with E-state index in [-0.39, 0.29) is 5.69 Å². The number of hydrogen-bond donors (Lipinski definition) is 2. The van der Waals surface area contributed by atoms with Gasteiger partial charge in [0.1, 0.15) is 11.6 Å². The lowest BCUT2D eigenvalue weighted by atomic mass is 9.86. The van der Waals surface area contributed by atoms with Gasteiger partial charge in [-0.1, -0.05) is 19.8 Å². The summed E-state index contributed by atoms with van der Waals surface area (Å²) in [6, 6.07) is 3.59. The van der Waals surface area contributed by atoms with E-state index in [4.69, 9.17) is 12.2 Å².